The van der Waals surface area contributed by atoms with Crippen molar-refractivity contribution in [1.29, 1.82) is 0 Å². The normalized spacial score (nSPS) is 32.3. The van der Waals surface area contributed by atoms with E-state index in [1.807, 2.05) is 30.3 Å². The summed E-state index contributed by atoms with van der Waals surface area (Å²) < 4.78 is 11.6. The molecule has 0 aliphatic carbocycles. The van der Waals surface area contributed by atoms with Gasteiger partial charge in [-0.2, -0.15) is 0 Å². The molecule has 29 heavy (non-hydrogen) atoms. The van der Waals surface area contributed by atoms with Crippen LogP contribution in [0.15, 0.2) is 30.3 Å². The summed E-state index contributed by atoms with van der Waals surface area (Å²) in [7, 11) is 0. The van der Waals surface area contributed by atoms with Crippen LogP contribution in [0.4, 0.5) is 5.69 Å². The number of nitrogens with one attached hydrogen (secondary N) is 1. The second-order valence-electron chi connectivity index (χ2n) is 9.14. The van der Waals surface area contributed by atoms with Crippen LogP contribution in [-0.2, 0) is 14.3 Å². The molecule has 1 aromatic carbocycles. The molecular weight excluding hydrogens is 366 g/mol. The highest BCUT2D eigenvalue weighted by Crippen LogP contribution is 2.41. The molecule has 158 valence electrons. The van der Waals surface area contributed by atoms with Gasteiger partial charge in [0, 0.05) is 24.4 Å². The van der Waals surface area contributed by atoms with Gasteiger partial charge in [-0.05, 0) is 63.7 Å². The molecule has 1 aromatic rings. The van der Waals surface area contributed by atoms with Gasteiger partial charge in [-0.1, -0.05) is 18.2 Å². The first-order chi connectivity index (χ1) is 14.3. The Kier molecular flexibility index (Phi) is 5.61. The number of para-hydroxylation sites is 1. The van der Waals surface area contributed by atoms with Crippen molar-refractivity contribution in [3.63, 3.8) is 0 Å². The molecule has 0 radical (unpaired) electrons. The summed E-state index contributed by atoms with van der Waals surface area (Å²) in [6.45, 7) is 5.70. The number of carbonyl (C=O) groups excluding carboxylic acids is 1. The fourth-order valence-electron chi connectivity index (χ4n) is 5.83. The van der Waals surface area contributed by atoms with Gasteiger partial charge < -0.3 is 14.8 Å². The summed E-state index contributed by atoms with van der Waals surface area (Å²) in [6.07, 6.45) is 6.74. The summed E-state index contributed by atoms with van der Waals surface area (Å²) in [5, 5.41) is 3.18. The van der Waals surface area contributed by atoms with Crippen LogP contribution in [0, 0.1) is 0 Å². The Balaban J connectivity index is 1.39. The number of piperidine rings is 1. The highest BCUT2D eigenvalue weighted by Gasteiger charge is 2.51. The standard InChI is InChI=1S/C23H33N3O3/c27-22(24-18-7-2-1-3-8-18)21(20-9-4-14-29-20)26-13-6-11-23(26)10-5-12-25(17-23)19-15-28-16-19/h1-3,7-8,19-21H,4-6,9-17H2,(H,24,27)/t20-,21-,23+/m1/s1. The maximum absolute atomic E-state index is 13.5. The van der Waals surface area contributed by atoms with Crippen molar-refractivity contribution < 1.29 is 14.3 Å². The number of hydrogen-bond donors (Lipinski definition) is 1. The zero-order valence-corrected chi connectivity index (χ0v) is 17.2. The van der Waals surface area contributed by atoms with Crippen molar-refractivity contribution in [3.8, 4) is 0 Å². The average molecular weight is 400 g/mol. The number of hydrogen-bond acceptors (Lipinski definition) is 5. The van der Waals surface area contributed by atoms with Crippen LogP contribution in [0.5, 0.6) is 0 Å². The second kappa shape index (κ2) is 8.34. The van der Waals surface area contributed by atoms with E-state index in [1.165, 1.54) is 19.3 Å². The smallest absolute Gasteiger partial charge is 0.244 e. The highest BCUT2D eigenvalue weighted by atomic mass is 16.5. The molecule has 4 aliphatic rings. The topological polar surface area (TPSA) is 54.0 Å². The number of nitrogens with zero attached hydrogens (tertiary/aromatic N) is 2. The largest absolute Gasteiger partial charge is 0.378 e. The fourth-order valence-corrected chi connectivity index (χ4v) is 5.83. The van der Waals surface area contributed by atoms with Crippen LogP contribution in [0.1, 0.15) is 38.5 Å². The van der Waals surface area contributed by atoms with Crippen molar-refractivity contribution in [3.05, 3.63) is 30.3 Å². The number of ether oxygens (including phenoxy) is 2. The van der Waals surface area contributed by atoms with Gasteiger partial charge in [-0.15, -0.1) is 0 Å². The van der Waals surface area contributed by atoms with Gasteiger partial charge in [-0.25, -0.2) is 0 Å². The molecule has 0 aromatic heterocycles. The Morgan fingerprint density at radius 1 is 1.10 bits per heavy atom. The predicted molar refractivity (Wildman–Crippen MR) is 112 cm³/mol. The minimum absolute atomic E-state index is 0.00361. The predicted octanol–water partition coefficient (Wildman–Crippen LogP) is 2.50. The summed E-state index contributed by atoms with van der Waals surface area (Å²) in [5.41, 5.74) is 0.962. The molecule has 1 N–H and O–H groups in total. The van der Waals surface area contributed by atoms with E-state index in [-0.39, 0.29) is 23.6 Å². The van der Waals surface area contributed by atoms with Crippen molar-refractivity contribution in [2.45, 2.75) is 62.3 Å². The molecular formula is C23H33N3O3. The van der Waals surface area contributed by atoms with Crippen molar-refractivity contribution in [2.75, 3.05) is 44.8 Å². The molecule has 4 saturated heterocycles. The van der Waals surface area contributed by atoms with Crippen LogP contribution >= 0.6 is 0 Å². The first-order valence-corrected chi connectivity index (χ1v) is 11.3. The van der Waals surface area contributed by atoms with Gasteiger partial charge >= 0.3 is 0 Å². The van der Waals surface area contributed by atoms with Crippen LogP contribution < -0.4 is 5.32 Å². The number of carbonyl (C=O) groups is 1. The minimum Gasteiger partial charge on any atom is -0.378 e. The minimum atomic E-state index is -0.210. The van der Waals surface area contributed by atoms with Gasteiger partial charge in [0.2, 0.25) is 5.91 Å². The Hall–Kier alpha value is -1.47. The molecule has 0 unspecified atom stereocenters. The summed E-state index contributed by atoms with van der Waals surface area (Å²) >= 11 is 0. The molecule has 1 spiro atoms. The van der Waals surface area contributed by atoms with Crippen LogP contribution in [0.3, 0.4) is 0 Å². The van der Waals surface area contributed by atoms with Crippen LogP contribution in [0.25, 0.3) is 0 Å². The van der Waals surface area contributed by atoms with E-state index >= 15 is 0 Å². The van der Waals surface area contributed by atoms with E-state index in [4.69, 9.17) is 9.47 Å². The Bertz CT molecular complexity index is 705. The Morgan fingerprint density at radius 3 is 2.59 bits per heavy atom. The third-order valence-corrected chi connectivity index (χ3v) is 7.33. The Labute approximate surface area is 173 Å². The number of amides is 1. The molecule has 6 heteroatoms. The zero-order chi connectivity index (χ0) is 19.7. The number of anilines is 1. The van der Waals surface area contributed by atoms with Gasteiger partial charge in [0.1, 0.15) is 6.04 Å². The molecule has 3 atom stereocenters. The quantitative estimate of drug-likeness (QED) is 0.825. The monoisotopic (exact) mass is 399 g/mol. The van der Waals surface area contributed by atoms with E-state index < -0.39 is 0 Å². The van der Waals surface area contributed by atoms with Gasteiger partial charge in [0.15, 0.2) is 0 Å². The van der Waals surface area contributed by atoms with Gasteiger partial charge in [0.05, 0.1) is 25.4 Å². The summed E-state index contributed by atoms with van der Waals surface area (Å²) in [4.78, 5) is 18.7. The highest BCUT2D eigenvalue weighted by molar-refractivity contribution is 5.95. The van der Waals surface area contributed by atoms with Crippen molar-refractivity contribution in [2.24, 2.45) is 0 Å². The molecule has 4 aliphatic heterocycles. The van der Waals surface area contributed by atoms with E-state index in [0.717, 1.165) is 64.4 Å². The number of likely N-dealkylation sites (tertiary alicyclic amines) is 2. The first kappa shape index (κ1) is 19.5. The Morgan fingerprint density at radius 2 is 1.90 bits per heavy atom. The molecule has 0 bridgehead atoms. The summed E-state index contributed by atoms with van der Waals surface area (Å²) in [6, 6.07) is 10.2. The lowest BCUT2D eigenvalue weighted by Gasteiger charge is -2.52. The zero-order valence-electron chi connectivity index (χ0n) is 17.2. The molecule has 0 saturated carbocycles. The van der Waals surface area contributed by atoms with Gasteiger partial charge in [-0.3, -0.25) is 14.6 Å². The third kappa shape index (κ3) is 3.83. The average Bonchev–Trinajstić information content (AvgIpc) is 3.33. The molecule has 5 rings (SSSR count). The van der Waals surface area contributed by atoms with E-state index in [1.54, 1.807) is 0 Å². The fraction of sp³-hybridized carbons (Fsp3) is 0.696. The molecule has 4 fully saturated rings. The van der Waals surface area contributed by atoms with Gasteiger partial charge in [0.25, 0.3) is 0 Å². The van der Waals surface area contributed by atoms with E-state index in [9.17, 15) is 4.79 Å². The SMILES string of the molecule is O=C(Nc1ccccc1)[C@@H]([C@H]1CCCO1)N1CCC[C@]12CCCN(C1COC1)C2. The molecule has 1 amide bonds. The maximum atomic E-state index is 13.5. The van der Waals surface area contributed by atoms with Crippen LogP contribution in [-0.4, -0.2) is 78.9 Å². The third-order valence-electron chi connectivity index (χ3n) is 7.33. The van der Waals surface area contributed by atoms with Crippen LogP contribution in [0.2, 0.25) is 0 Å². The van der Waals surface area contributed by atoms with Crippen molar-refractivity contribution >= 4 is 11.6 Å². The summed E-state index contributed by atoms with van der Waals surface area (Å²) in [5.74, 6) is 0.0912. The molecule has 4 heterocycles. The van der Waals surface area contributed by atoms with E-state index in [2.05, 4.69) is 15.1 Å². The lowest BCUT2D eigenvalue weighted by molar-refractivity contribution is -0.134. The second-order valence-corrected chi connectivity index (χ2v) is 9.14. The lowest BCUT2D eigenvalue weighted by atomic mass is 9.84. The van der Waals surface area contributed by atoms with Crippen molar-refractivity contribution in [1.82, 2.24) is 9.80 Å². The molecule has 6 nitrogen and oxygen atoms in total. The van der Waals surface area contributed by atoms with E-state index in [0.29, 0.717) is 6.04 Å². The maximum Gasteiger partial charge on any atom is 0.244 e. The number of rotatable bonds is 5. The lowest BCUT2D eigenvalue weighted by Crippen LogP contribution is -2.65. The number of benzene rings is 1. The first-order valence-electron chi connectivity index (χ1n) is 11.3.